The standard InChI is InChI=1S/C16H19N5O4S2/c22-11-5-2-6-21(12(11)13(23)24)9-3-1-4-10(7-9)25-8-17-14-18-15(26)20-16(27)19-14/h1,3-4,7,11-12,22H,2,5-6,8H2,(H,23,24)(H3,17,18,19,20,26,27). The van der Waals surface area contributed by atoms with Crippen molar-refractivity contribution in [2.75, 3.05) is 23.5 Å². The molecule has 0 bridgehead atoms. The van der Waals surface area contributed by atoms with E-state index >= 15 is 0 Å². The number of carbonyl (C=O) groups is 1. The number of aromatic nitrogens is 3. The zero-order chi connectivity index (χ0) is 19.4. The van der Waals surface area contributed by atoms with E-state index in [2.05, 4.69) is 20.3 Å². The van der Waals surface area contributed by atoms with Crippen molar-refractivity contribution in [3.05, 3.63) is 33.8 Å². The van der Waals surface area contributed by atoms with Crippen LogP contribution in [0.2, 0.25) is 0 Å². The molecule has 1 aromatic carbocycles. The van der Waals surface area contributed by atoms with Crippen LogP contribution in [-0.2, 0) is 4.79 Å². The van der Waals surface area contributed by atoms with E-state index in [-0.39, 0.29) is 11.5 Å². The molecule has 1 fully saturated rings. The van der Waals surface area contributed by atoms with Gasteiger partial charge in [0.1, 0.15) is 5.75 Å². The Morgan fingerprint density at radius 3 is 2.96 bits per heavy atom. The third-order valence-corrected chi connectivity index (χ3v) is 4.54. The van der Waals surface area contributed by atoms with Crippen molar-refractivity contribution < 1.29 is 19.7 Å². The number of carboxylic acids is 1. The Hall–Kier alpha value is -2.50. The van der Waals surface area contributed by atoms with Gasteiger partial charge in [-0.3, -0.25) is 0 Å². The first-order valence-electron chi connectivity index (χ1n) is 8.29. The fraction of sp³-hybridized carbons (Fsp3) is 0.375. The molecule has 1 aliphatic rings. The Balaban J connectivity index is 1.69. The third kappa shape index (κ3) is 4.81. The third-order valence-electron chi connectivity index (χ3n) is 4.15. The van der Waals surface area contributed by atoms with Gasteiger partial charge in [0.25, 0.3) is 0 Å². The molecular formula is C16H19N5O4S2. The largest absolute Gasteiger partial charge is 0.480 e. The van der Waals surface area contributed by atoms with Gasteiger partial charge in [0.15, 0.2) is 17.5 Å². The van der Waals surface area contributed by atoms with Gasteiger partial charge in [-0.15, -0.1) is 0 Å². The van der Waals surface area contributed by atoms with Gasteiger partial charge in [-0.05, 0) is 49.4 Å². The highest BCUT2D eigenvalue weighted by Gasteiger charge is 2.36. The van der Waals surface area contributed by atoms with E-state index < -0.39 is 18.1 Å². The zero-order valence-electron chi connectivity index (χ0n) is 14.2. The van der Waals surface area contributed by atoms with Crippen LogP contribution in [0, 0.1) is 9.54 Å². The van der Waals surface area contributed by atoms with Gasteiger partial charge >= 0.3 is 5.97 Å². The molecule has 5 N–H and O–H groups in total. The van der Waals surface area contributed by atoms with Crippen LogP contribution in [0.25, 0.3) is 0 Å². The van der Waals surface area contributed by atoms with E-state index in [1.165, 1.54) is 0 Å². The maximum absolute atomic E-state index is 11.5. The van der Waals surface area contributed by atoms with Crippen molar-refractivity contribution in [3.63, 3.8) is 0 Å². The molecule has 2 aromatic rings. The highest BCUT2D eigenvalue weighted by Crippen LogP contribution is 2.28. The highest BCUT2D eigenvalue weighted by atomic mass is 32.1. The average Bonchev–Trinajstić information content (AvgIpc) is 2.60. The highest BCUT2D eigenvalue weighted by molar-refractivity contribution is 7.71. The number of H-pyrrole nitrogens is 2. The minimum Gasteiger partial charge on any atom is -0.480 e. The van der Waals surface area contributed by atoms with Gasteiger partial charge in [0, 0.05) is 18.3 Å². The van der Waals surface area contributed by atoms with Gasteiger partial charge < -0.3 is 35.1 Å². The summed E-state index contributed by atoms with van der Waals surface area (Å²) in [5.41, 5.74) is 0.679. The topological polar surface area (TPSA) is 126 Å². The molecule has 11 heteroatoms. The fourth-order valence-corrected chi connectivity index (χ4v) is 3.43. The number of nitrogens with one attached hydrogen (secondary N) is 3. The second-order valence-corrected chi connectivity index (χ2v) is 6.79. The summed E-state index contributed by atoms with van der Waals surface area (Å²) in [6.45, 7) is 0.657. The van der Waals surface area contributed by atoms with E-state index in [9.17, 15) is 15.0 Å². The molecule has 0 radical (unpaired) electrons. The van der Waals surface area contributed by atoms with Crippen LogP contribution >= 0.6 is 24.4 Å². The minimum absolute atomic E-state index is 0.103. The van der Waals surface area contributed by atoms with Crippen LogP contribution in [0.4, 0.5) is 11.6 Å². The van der Waals surface area contributed by atoms with Gasteiger partial charge in [0.2, 0.25) is 10.7 Å². The van der Waals surface area contributed by atoms with Crippen molar-refractivity contribution in [2.45, 2.75) is 25.0 Å². The number of aliphatic hydroxyl groups is 1. The summed E-state index contributed by atoms with van der Waals surface area (Å²) in [7, 11) is 0. The van der Waals surface area contributed by atoms with Crippen LogP contribution in [0.1, 0.15) is 12.8 Å². The Kier molecular flexibility index (Phi) is 6.04. The second-order valence-electron chi connectivity index (χ2n) is 5.99. The van der Waals surface area contributed by atoms with Crippen molar-refractivity contribution in [2.24, 2.45) is 0 Å². The number of piperidine rings is 1. The molecule has 3 rings (SSSR count). The summed E-state index contributed by atoms with van der Waals surface area (Å²) in [6.07, 6.45) is 0.289. The molecular weight excluding hydrogens is 390 g/mol. The molecule has 0 amide bonds. The van der Waals surface area contributed by atoms with Gasteiger partial charge in [-0.2, -0.15) is 4.98 Å². The molecule has 2 heterocycles. The number of hydrogen-bond donors (Lipinski definition) is 5. The maximum Gasteiger partial charge on any atom is 0.329 e. The molecule has 0 aliphatic carbocycles. The van der Waals surface area contributed by atoms with Crippen molar-refractivity contribution in [1.82, 2.24) is 15.0 Å². The van der Waals surface area contributed by atoms with Crippen LogP contribution in [0.5, 0.6) is 5.75 Å². The van der Waals surface area contributed by atoms with Gasteiger partial charge in [0.05, 0.1) is 6.10 Å². The molecule has 144 valence electrons. The van der Waals surface area contributed by atoms with Crippen molar-refractivity contribution >= 4 is 42.0 Å². The molecule has 27 heavy (non-hydrogen) atoms. The Morgan fingerprint density at radius 1 is 1.41 bits per heavy atom. The molecule has 1 saturated heterocycles. The van der Waals surface area contributed by atoms with E-state index in [0.29, 0.717) is 35.1 Å². The van der Waals surface area contributed by atoms with Crippen molar-refractivity contribution in [3.8, 4) is 5.75 Å². The minimum atomic E-state index is -1.04. The van der Waals surface area contributed by atoms with E-state index in [0.717, 1.165) is 6.42 Å². The zero-order valence-corrected chi connectivity index (χ0v) is 15.8. The first-order valence-corrected chi connectivity index (χ1v) is 9.10. The first kappa shape index (κ1) is 19.3. The predicted molar refractivity (Wildman–Crippen MR) is 104 cm³/mol. The first-order chi connectivity index (χ1) is 12.9. The molecule has 2 atom stereocenters. The summed E-state index contributed by atoms with van der Waals surface area (Å²) in [6, 6.07) is 6.10. The number of nitrogens with zero attached hydrogens (tertiary/aromatic N) is 2. The lowest BCUT2D eigenvalue weighted by Gasteiger charge is -2.38. The van der Waals surface area contributed by atoms with E-state index in [1.54, 1.807) is 29.2 Å². The number of benzene rings is 1. The summed E-state index contributed by atoms with van der Waals surface area (Å²) in [5.74, 6) is -0.119. The van der Waals surface area contributed by atoms with Gasteiger partial charge in [-0.1, -0.05) is 6.07 Å². The Bertz CT molecular complexity index is 903. The lowest BCUT2D eigenvalue weighted by molar-refractivity contribution is -0.142. The quantitative estimate of drug-likeness (QED) is 0.360. The number of aliphatic carboxylic acids is 1. The lowest BCUT2D eigenvalue weighted by Crippen LogP contribution is -2.53. The van der Waals surface area contributed by atoms with Gasteiger partial charge in [-0.25, -0.2) is 4.79 Å². The fourth-order valence-electron chi connectivity index (χ4n) is 2.98. The monoisotopic (exact) mass is 409 g/mol. The maximum atomic E-state index is 11.5. The summed E-state index contributed by atoms with van der Waals surface area (Å²) in [5, 5.41) is 22.4. The predicted octanol–water partition coefficient (Wildman–Crippen LogP) is 2.06. The van der Waals surface area contributed by atoms with Crippen LogP contribution < -0.4 is 15.0 Å². The molecule has 2 unspecified atom stereocenters. The number of rotatable bonds is 6. The van der Waals surface area contributed by atoms with Crippen LogP contribution in [0.15, 0.2) is 24.3 Å². The Morgan fingerprint density at radius 2 is 2.22 bits per heavy atom. The summed E-state index contributed by atoms with van der Waals surface area (Å²) in [4.78, 5) is 22.8. The van der Waals surface area contributed by atoms with Crippen LogP contribution in [-0.4, -0.2) is 56.6 Å². The number of ether oxygens (including phenoxy) is 1. The summed E-state index contributed by atoms with van der Waals surface area (Å²) < 4.78 is 6.26. The molecule has 1 aliphatic heterocycles. The van der Waals surface area contributed by atoms with Crippen molar-refractivity contribution in [1.29, 1.82) is 0 Å². The second kappa shape index (κ2) is 8.46. The molecule has 0 saturated carbocycles. The number of hydrogen-bond acceptors (Lipinski definition) is 8. The lowest BCUT2D eigenvalue weighted by atomic mass is 9.98. The number of anilines is 2. The molecule has 1 aromatic heterocycles. The average molecular weight is 409 g/mol. The number of aliphatic hydroxyl groups excluding tert-OH is 1. The number of carboxylic acid groups (broad SMARTS) is 1. The van der Waals surface area contributed by atoms with E-state index in [1.807, 2.05) is 0 Å². The normalized spacial score (nSPS) is 19.5. The molecule has 9 nitrogen and oxygen atoms in total. The molecule has 0 spiro atoms. The Labute approximate surface area is 165 Å². The SMILES string of the molecule is O=C(O)C1C(O)CCCN1c1cccc(OCNc2nc(=S)[nH]c(=S)[nH]2)c1. The number of aromatic amines is 2. The smallest absolute Gasteiger partial charge is 0.329 e. The van der Waals surface area contributed by atoms with Crippen LogP contribution in [0.3, 0.4) is 0 Å². The summed E-state index contributed by atoms with van der Waals surface area (Å²) >= 11 is 9.94. The van der Waals surface area contributed by atoms with E-state index in [4.69, 9.17) is 29.2 Å².